The van der Waals surface area contributed by atoms with E-state index in [0.29, 0.717) is 11.3 Å². The van der Waals surface area contributed by atoms with Crippen LogP contribution in [0.2, 0.25) is 0 Å². The molecule has 0 radical (unpaired) electrons. The Labute approximate surface area is 139 Å². The number of thioether (sulfide) groups is 1. The number of ether oxygens (including phenoxy) is 3. The van der Waals surface area contributed by atoms with Crippen LogP contribution in [0.4, 0.5) is 0 Å². The molecule has 3 aliphatic carbocycles. The van der Waals surface area contributed by atoms with Crippen molar-refractivity contribution in [3.63, 3.8) is 0 Å². The van der Waals surface area contributed by atoms with E-state index in [1.54, 1.807) is 0 Å². The molecule has 3 nitrogen and oxygen atoms in total. The van der Waals surface area contributed by atoms with Crippen LogP contribution in [0.15, 0.2) is 0 Å². The van der Waals surface area contributed by atoms with Crippen LogP contribution >= 0.6 is 11.8 Å². The Morgan fingerprint density at radius 1 is 0.909 bits per heavy atom. The van der Waals surface area contributed by atoms with Gasteiger partial charge in [-0.1, -0.05) is 13.8 Å². The van der Waals surface area contributed by atoms with Gasteiger partial charge in [-0.2, -0.15) is 11.8 Å². The molecule has 0 aromatic carbocycles. The van der Waals surface area contributed by atoms with Gasteiger partial charge in [-0.3, -0.25) is 0 Å². The van der Waals surface area contributed by atoms with Crippen LogP contribution in [0.25, 0.3) is 0 Å². The maximum Gasteiger partial charge on any atom is 0.0948 e. The largest absolute Gasteiger partial charge is 0.381 e. The highest BCUT2D eigenvalue weighted by Crippen LogP contribution is 2.64. The summed E-state index contributed by atoms with van der Waals surface area (Å²) in [7, 11) is 0. The van der Waals surface area contributed by atoms with Crippen LogP contribution < -0.4 is 0 Å². The lowest BCUT2D eigenvalue weighted by Crippen LogP contribution is -2.68. The molecule has 3 saturated carbocycles. The van der Waals surface area contributed by atoms with Gasteiger partial charge in [-0.25, -0.2) is 0 Å². The van der Waals surface area contributed by atoms with Crippen molar-refractivity contribution in [2.75, 3.05) is 37.9 Å². The van der Waals surface area contributed by atoms with Gasteiger partial charge >= 0.3 is 0 Å². The van der Waals surface area contributed by atoms with Gasteiger partial charge in [0.15, 0.2) is 0 Å². The van der Waals surface area contributed by atoms with Crippen molar-refractivity contribution in [1.29, 1.82) is 0 Å². The Morgan fingerprint density at radius 3 is 2.59 bits per heavy atom. The highest BCUT2D eigenvalue weighted by atomic mass is 32.2. The lowest BCUT2D eigenvalue weighted by Gasteiger charge is -2.66. The van der Waals surface area contributed by atoms with Crippen LogP contribution in [0.1, 0.15) is 46.5 Å². The zero-order valence-electron chi connectivity index (χ0n) is 14.4. The minimum Gasteiger partial charge on any atom is -0.381 e. The van der Waals surface area contributed by atoms with Gasteiger partial charge in [0.1, 0.15) is 0 Å². The van der Waals surface area contributed by atoms with Crippen molar-refractivity contribution in [2.24, 2.45) is 17.3 Å². The molecule has 22 heavy (non-hydrogen) atoms. The second-order valence-corrected chi connectivity index (χ2v) is 9.09. The maximum absolute atomic E-state index is 6.45. The van der Waals surface area contributed by atoms with E-state index in [-0.39, 0.29) is 11.7 Å². The summed E-state index contributed by atoms with van der Waals surface area (Å²) in [6, 6.07) is 0. The Morgan fingerprint density at radius 2 is 1.77 bits per heavy atom. The molecule has 0 aromatic heterocycles. The highest BCUT2D eigenvalue weighted by molar-refractivity contribution is 7.99. The van der Waals surface area contributed by atoms with E-state index >= 15 is 0 Å². The third kappa shape index (κ3) is 3.22. The zero-order chi connectivity index (χ0) is 15.6. The predicted molar refractivity (Wildman–Crippen MR) is 91.5 cm³/mol. The van der Waals surface area contributed by atoms with E-state index in [1.807, 2.05) is 11.8 Å². The fourth-order valence-corrected chi connectivity index (χ4v) is 5.46. The SMILES string of the molecule is CC1(C)C2CC3OCCCSCCOCCCO[C@]3(C)C1C2. The second-order valence-electron chi connectivity index (χ2n) is 7.87. The number of hydrogen-bond acceptors (Lipinski definition) is 4. The second kappa shape index (κ2) is 7.00. The molecule has 1 aliphatic heterocycles. The van der Waals surface area contributed by atoms with E-state index in [4.69, 9.17) is 14.2 Å². The number of rotatable bonds is 0. The normalized spacial score (nSPS) is 43.5. The summed E-state index contributed by atoms with van der Waals surface area (Å²) in [5.74, 6) is 3.72. The van der Waals surface area contributed by atoms with Crippen LogP contribution in [0, 0.1) is 17.3 Å². The molecule has 4 fully saturated rings. The molecule has 1 saturated heterocycles. The molecular weight excluding hydrogens is 296 g/mol. The molecule has 4 rings (SSSR count). The molecule has 0 N–H and O–H groups in total. The minimum atomic E-state index is -0.116. The van der Waals surface area contributed by atoms with Crippen molar-refractivity contribution in [2.45, 2.75) is 58.2 Å². The van der Waals surface area contributed by atoms with Gasteiger partial charge in [0.2, 0.25) is 0 Å². The monoisotopic (exact) mass is 328 g/mol. The quantitative estimate of drug-likeness (QED) is 0.677. The highest BCUT2D eigenvalue weighted by Gasteiger charge is 2.64. The first-order valence-electron chi connectivity index (χ1n) is 8.96. The van der Waals surface area contributed by atoms with Crippen molar-refractivity contribution in [3.8, 4) is 0 Å². The summed E-state index contributed by atoms with van der Waals surface area (Å²) in [5.41, 5.74) is 0.294. The van der Waals surface area contributed by atoms with Crippen LogP contribution in [-0.2, 0) is 14.2 Å². The van der Waals surface area contributed by atoms with Gasteiger partial charge in [-0.15, -0.1) is 0 Å². The Hall–Kier alpha value is 0.230. The van der Waals surface area contributed by atoms with Gasteiger partial charge in [0.25, 0.3) is 0 Å². The molecule has 2 bridgehead atoms. The van der Waals surface area contributed by atoms with E-state index < -0.39 is 0 Å². The Bertz CT molecular complexity index is 373. The lowest BCUT2D eigenvalue weighted by molar-refractivity contribution is -0.276. The summed E-state index contributed by atoms with van der Waals surface area (Å²) in [6.45, 7) is 10.5. The summed E-state index contributed by atoms with van der Waals surface area (Å²) in [4.78, 5) is 0. The third-order valence-electron chi connectivity index (χ3n) is 6.27. The average molecular weight is 329 g/mol. The summed E-state index contributed by atoms with van der Waals surface area (Å²) in [6.07, 6.45) is 4.89. The standard InChI is InChI=1S/C18H32O3S/c1-17(2)14-12-15(17)18(3)16(13-14)20-7-5-10-22-11-9-19-6-4-8-21-18/h14-16H,4-13H2,1-3H3/t14?,15?,16?,18-/m1/s1. The van der Waals surface area contributed by atoms with Gasteiger partial charge in [-0.05, 0) is 55.6 Å². The van der Waals surface area contributed by atoms with E-state index in [1.165, 1.54) is 18.6 Å². The minimum absolute atomic E-state index is 0.116. The van der Waals surface area contributed by atoms with Crippen LogP contribution in [-0.4, -0.2) is 49.6 Å². The van der Waals surface area contributed by atoms with E-state index in [9.17, 15) is 0 Å². The molecule has 0 aromatic rings. The first-order chi connectivity index (χ1) is 10.5. The first kappa shape index (κ1) is 17.1. The van der Waals surface area contributed by atoms with E-state index in [0.717, 1.165) is 50.9 Å². The number of hydrogen-bond donors (Lipinski definition) is 0. The molecular formula is C18H32O3S. The van der Waals surface area contributed by atoms with Crippen LogP contribution in [0.3, 0.4) is 0 Å². The molecule has 4 aliphatic rings. The summed E-state index contributed by atoms with van der Waals surface area (Å²) < 4.78 is 18.5. The maximum atomic E-state index is 6.45. The third-order valence-corrected chi connectivity index (χ3v) is 7.30. The van der Waals surface area contributed by atoms with E-state index in [2.05, 4.69) is 20.8 Å². The predicted octanol–water partition coefficient (Wildman–Crippen LogP) is 3.76. The Balaban J connectivity index is 1.66. The molecule has 3 unspecified atom stereocenters. The van der Waals surface area contributed by atoms with Crippen molar-refractivity contribution >= 4 is 11.8 Å². The molecule has 4 heteroatoms. The smallest absolute Gasteiger partial charge is 0.0948 e. The fraction of sp³-hybridized carbons (Fsp3) is 1.00. The van der Waals surface area contributed by atoms with Gasteiger partial charge < -0.3 is 14.2 Å². The zero-order valence-corrected chi connectivity index (χ0v) is 15.3. The van der Waals surface area contributed by atoms with Gasteiger partial charge in [0, 0.05) is 25.6 Å². The molecule has 4 atom stereocenters. The topological polar surface area (TPSA) is 27.7 Å². The first-order valence-corrected chi connectivity index (χ1v) is 10.1. The van der Waals surface area contributed by atoms with Crippen LogP contribution in [0.5, 0.6) is 0 Å². The Kier molecular flexibility index (Phi) is 5.43. The molecule has 0 spiro atoms. The average Bonchev–Trinajstić information content (AvgIpc) is 2.48. The lowest BCUT2D eigenvalue weighted by atomic mass is 9.43. The summed E-state index contributed by atoms with van der Waals surface area (Å²) >= 11 is 1.98. The summed E-state index contributed by atoms with van der Waals surface area (Å²) in [5, 5.41) is 0. The fourth-order valence-electron chi connectivity index (χ4n) is 4.69. The van der Waals surface area contributed by atoms with Crippen molar-refractivity contribution in [1.82, 2.24) is 0 Å². The molecule has 0 amide bonds. The van der Waals surface area contributed by atoms with Crippen molar-refractivity contribution < 1.29 is 14.2 Å². The van der Waals surface area contributed by atoms with Gasteiger partial charge in [0.05, 0.1) is 18.3 Å². The molecule has 128 valence electrons. The van der Waals surface area contributed by atoms with Crippen molar-refractivity contribution in [3.05, 3.63) is 0 Å². The molecule has 1 heterocycles.